The highest BCUT2D eigenvalue weighted by Gasteiger charge is 2.07. The molecule has 17 heavy (non-hydrogen) atoms. The second-order valence-corrected chi connectivity index (χ2v) is 3.63. The second kappa shape index (κ2) is 6.77. The van der Waals surface area contributed by atoms with Crippen molar-refractivity contribution in [3.8, 4) is 11.8 Å². The molecule has 1 rings (SSSR count). The van der Waals surface area contributed by atoms with Crippen molar-refractivity contribution in [2.45, 2.75) is 19.9 Å². The average Bonchev–Trinajstić information content (AvgIpc) is 2.33. The van der Waals surface area contributed by atoms with E-state index in [-0.39, 0.29) is 10.6 Å². The van der Waals surface area contributed by atoms with E-state index in [1.54, 1.807) is 13.0 Å². The number of allylic oxidation sites excluding steroid dienone is 1. The van der Waals surface area contributed by atoms with E-state index < -0.39 is 0 Å². The number of rotatable bonds is 5. The van der Waals surface area contributed by atoms with Gasteiger partial charge in [0.15, 0.2) is 0 Å². The van der Waals surface area contributed by atoms with Crippen molar-refractivity contribution < 1.29 is 0 Å². The predicted octanol–water partition coefficient (Wildman–Crippen LogP) is 1.91. The Morgan fingerprint density at radius 3 is 3.12 bits per heavy atom. The minimum atomic E-state index is -0.321. The summed E-state index contributed by atoms with van der Waals surface area (Å²) in [7, 11) is 0. The summed E-state index contributed by atoms with van der Waals surface area (Å²) in [5, 5.41) is 7.14. The van der Waals surface area contributed by atoms with Gasteiger partial charge < -0.3 is 5.32 Å². The third-order valence-corrected chi connectivity index (χ3v) is 2.39. The molecule has 0 atom stereocenters. The summed E-state index contributed by atoms with van der Waals surface area (Å²) in [5.41, 5.74) is 0.216. The molecule has 4 nitrogen and oxygen atoms in total. The molecule has 0 amide bonds. The summed E-state index contributed by atoms with van der Waals surface area (Å²) in [6, 6.07) is 0. The Morgan fingerprint density at radius 2 is 2.47 bits per heavy atom. The molecule has 0 saturated heterocycles. The Labute approximate surface area is 105 Å². The van der Waals surface area contributed by atoms with Gasteiger partial charge in [0.2, 0.25) is 0 Å². The molecule has 0 aromatic carbocycles. The first-order valence-electron chi connectivity index (χ1n) is 5.20. The highest BCUT2D eigenvalue weighted by molar-refractivity contribution is 6.32. The molecular formula is C12H14ClN3O. The lowest BCUT2D eigenvalue weighted by Gasteiger charge is -2.07. The van der Waals surface area contributed by atoms with Crippen LogP contribution in [-0.4, -0.2) is 16.3 Å². The van der Waals surface area contributed by atoms with E-state index in [9.17, 15) is 4.79 Å². The number of hydrogen-bond donors (Lipinski definition) is 1. The number of hydrogen-bond acceptors (Lipinski definition) is 3. The lowest BCUT2D eigenvalue weighted by molar-refractivity contribution is 0.653. The molecule has 1 N–H and O–H groups in total. The van der Waals surface area contributed by atoms with Crippen molar-refractivity contribution in [3.63, 3.8) is 0 Å². The highest BCUT2D eigenvalue weighted by atomic mass is 35.5. The first kappa shape index (κ1) is 13.3. The van der Waals surface area contributed by atoms with Crippen LogP contribution in [0, 0.1) is 11.8 Å². The fraction of sp³-hybridized carbons (Fsp3) is 0.333. The third-order valence-electron chi connectivity index (χ3n) is 2.03. The van der Waals surface area contributed by atoms with Gasteiger partial charge in [-0.15, -0.1) is 18.4 Å². The molecule has 90 valence electrons. The van der Waals surface area contributed by atoms with Crippen LogP contribution in [0.15, 0.2) is 23.6 Å². The Kier molecular flexibility index (Phi) is 5.31. The molecular weight excluding hydrogens is 238 g/mol. The van der Waals surface area contributed by atoms with Gasteiger partial charge in [0.05, 0.1) is 18.4 Å². The van der Waals surface area contributed by atoms with Crippen LogP contribution in [-0.2, 0) is 6.54 Å². The molecule has 0 saturated carbocycles. The summed E-state index contributed by atoms with van der Waals surface area (Å²) in [5.74, 6) is 5.70. The monoisotopic (exact) mass is 251 g/mol. The molecule has 1 aromatic rings. The van der Waals surface area contributed by atoms with Crippen LogP contribution in [0.4, 0.5) is 5.69 Å². The molecule has 0 spiro atoms. The minimum absolute atomic E-state index is 0.145. The summed E-state index contributed by atoms with van der Waals surface area (Å²) in [4.78, 5) is 11.7. The fourth-order valence-corrected chi connectivity index (χ4v) is 1.44. The number of aromatic nitrogens is 2. The van der Waals surface area contributed by atoms with Crippen LogP contribution >= 0.6 is 11.6 Å². The number of nitrogens with one attached hydrogen (secondary N) is 1. The molecule has 0 aliphatic rings. The van der Waals surface area contributed by atoms with Crippen LogP contribution in [0.1, 0.15) is 13.3 Å². The standard InChI is InChI=1S/C12H14ClN3O/c1-3-5-6-7-14-10-9-15-16(8-4-2)12(17)11(10)13/h4,9,14H,2,6-8H2,1H3. The normalized spacial score (nSPS) is 9.29. The Morgan fingerprint density at radius 1 is 1.71 bits per heavy atom. The van der Waals surface area contributed by atoms with Gasteiger partial charge in [0.1, 0.15) is 5.02 Å². The van der Waals surface area contributed by atoms with Crippen LogP contribution in [0.2, 0.25) is 5.02 Å². The summed E-state index contributed by atoms with van der Waals surface area (Å²) in [6.07, 6.45) is 3.82. The van der Waals surface area contributed by atoms with Gasteiger partial charge in [-0.2, -0.15) is 5.10 Å². The van der Waals surface area contributed by atoms with E-state index >= 15 is 0 Å². The van der Waals surface area contributed by atoms with Crippen molar-refractivity contribution in [2.75, 3.05) is 11.9 Å². The second-order valence-electron chi connectivity index (χ2n) is 3.25. The van der Waals surface area contributed by atoms with Crippen molar-refractivity contribution >= 4 is 17.3 Å². The first-order chi connectivity index (χ1) is 8.20. The zero-order chi connectivity index (χ0) is 12.7. The Bertz CT molecular complexity index is 511. The Hall–Kier alpha value is -1.73. The van der Waals surface area contributed by atoms with E-state index in [0.29, 0.717) is 25.2 Å². The lowest BCUT2D eigenvalue weighted by atomic mass is 10.4. The molecule has 0 aliphatic carbocycles. The van der Waals surface area contributed by atoms with Crippen molar-refractivity contribution in [1.29, 1.82) is 0 Å². The van der Waals surface area contributed by atoms with Crippen molar-refractivity contribution in [2.24, 2.45) is 0 Å². The molecule has 0 unspecified atom stereocenters. The zero-order valence-electron chi connectivity index (χ0n) is 9.66. The van der Waals surface area contributed by atoms with Crippen molar-refractivity contribution in [1.82, 2.24) is 9.78 Å². The fourth-order valence-electron chi connectivity index (χ4n) is 1.23. The Balaban J connectivity index is 2.80. The summed E-state index contributed by atoms with van der Waals surface area (Å²) < 4.78 is 1.26. The van der Waals surface area contributed by atoms with E-state index in [1.807, 2.05) is 0 Å². The van der Waals surface area contributed by atoms with Gasteiger partial charge in [-0.3, -0.25) is 4.79 Å². The van der Waals surface area contributed by atoms with E-state index in [2.05, 4.69) is 28.8 Å². The highest BCUT2D eigenvalue weighted by Crippen LogP contribution is 2.14. The first-order valence-corrected chi connectivity index (χ1v) is 5.58. The molecule has 1 aromatic heterocycles. The van der Waals surface area contributed by atoms with Crippen LogP contribution in [0.5, 0.6) is 0 Å². The van der Waals surface area contributed by atoms with E-state index in [1.165, 1.54) is 10.9 Å². The van der Waals surface area contributed by atoms with Crippen molar-refractivity contribution in [3.05, 3.63) is 34.2 Å². The van der Waals surface area contributed by atoms with Gasteiger partial charge >= 0.3 is 0 Å². The van der Waals surface area contributed by atoms with Gasteiger partial charge in [0.25, 0.3) is 5.56 Å². The molecule has 0 fully saturated rings. The van der Waals surface area contributed by atoms with E-state index in [0.717, 1.165) is 0 Å². The van der Waals surface area contributed by atoms with Crippen LogP contribution in [0.25, 0.3) is 0 Å². The topological polar surface area (TPSA) is 46.9 Å². The van der Waals surface area contributed by atoms with Crippen LogP contribution < -0.4 is 10.9 Å². The number of nitrogens with zero attached hydrogens (tertiary/aromatic N) is 2. The maximum Gasteiger partial charge on any atom is 0.287 e. The third kappa shape index (κ3) is 3.65. The smallest absolute Gasteiger partial charge is 0.287 e. The lowest BCUT2D eigenvalue weighted by Crippen LogP contribution is -2.23. The van der Waals surface area contributed by atoms with Gasteiger partial charge in [-0.25, -0.2) is 4.68 Å². The van der Waals surface area contributed by atoms with E-state index in [4.69, 9.17) is 11.6 Å². The molecule has 1 heterocycles. The molecule has 0 bridgehead atoms. The summed E-state index contributed by atoms with van der Waals surface area (Å²) in [6.45, 7) is 6.31. The average molecular weight is 252 g/mol. The minimum Gasteiger partial charge on any atom is -0.381 e. The maximum absolute atomic E-state index is 11.7. The predicted molar refractivity (Wildman–Crippen MR) is 70.3 cm³/mol. The molecule has 0 radical (unpaired) electrons. The van der Waals surface area contributed by atoms with Crippen LogP contribution in [0.3, 0.4) is 0 Å². The van der Waals surface area contributed by atoms with Gasteiger partial charge in [0, 0.05) is 13.0 Å². The van der Waals surface area contributed by atoms with Gasteiger partial charge in [-0.1, -0.05) is 17.7 Å². The molecule has 5 heteroatoms. The molecule has 0 aliphatic heterocycles. The SMILES string of the molecule is C=CCn1ncc(NCCC#CC)c(Cl)c1=O. The number of halogens is 1. The van der Waals surface area contributed by atoms with Gasteiger partial charge in [-0.05, 0) is 6.92 Å². The summed E-state index contributed by atoms with van der Waals surface area (Å²) >= 11 is 5.94. The largest absolute Gasteiger partial charge is 0.381 e. The quantitative estimate of drug-likeness (QED) is 0.494. The number of anilines is 1. The maximum atomic E-state index is 11.7. The zero-order valence-corrected chi connectivity index (χ0v) is 10.4.